The molecule has 1 N–H and O–H groups in total. The fourth-order valence-corrected chi connectivity index (χ4v) is 3.43. The van der Waals surface area contributed by atoms with Gasteiger partial charge in [0.25, 0.3) is 0 Å². The number of rotatable bonds is 2. The number of hydrogen-bond donors (Lipinski definition) is 1. The van der Waals surface area contributed by atoms with Gasteiger partial charge < -0.3 is 19.4 Å². The Morgan fingerprint density at radius 1 is 1.29 bits per heavy atom. The van der Waals surface area contributed by atoms with E-state index in [0.717, 1.165) is 11.3 Å². The fourth-order valence-electron chi connectivity index (χ4n) is 3.43. The SMILES string of the molecule is Cc1ccn2cc(CNC(=O)N3CC(C)(C)OC(C)(C)C3)nc2c1. The van der Waals surface area contributed by atoms with Gasteiger partial charge in [0.15, 0.2) is 0 Å². The smallest absolute Gasteiger partial charge is 0.317 e. The molecule has 0 radical (unpaired) electrons. The zero-order valence-electron chi connectivity index (χ0n) is 15.1. The van der Waals surface area contributed by atoms with Crippen LogP contribution in [0.4, 0.5) is 4.79 Å². The van der Waals surface area contributed by atoms with E-state index in [9.17, 15) is 4.79 Å². The van der Waals surface area contributed by atoms with E-state index >= 15 is 0 Å². The number of amides is 2. The van der Waals surface area contributed by atoms with Crippen LogP contribution in [-0.2, 0) is 11.3 Å². The van der Waals surface area contributed by atoms with Gasteiger partial charge in [-0.1, -0.05) is 0 Å². The van der Waals surface area contributed by atoms with E-state index < -0.39 is 0 Å². The second kappa shape index (κ2) is 5.77. The summed E-state index contributed by atoms with van der Waals surface area (Å²) >= 11 is 0. The third-order valence-electron chi connectivity index (χ3n) is 4.07. The number of fused-ring (bicyclic) bond motifs is 1. The molecule has 1 aliphatic heterocycles. The van der Waals surface area contributed by atoms with Crippen molar-refractivity contribution in [3.05, 3.63) is 35.8 Å². The second-order valence-electron chi connectivity index (χ2n) is 7.84. The Labute approximate surface area is 142 Å². The third-order valence-corrected chi connectivity index (χ3v) is 4.07. The number of carbonyl (C=O) groups excluding carboxylic acids is 1. The Hall–Kier alpha value is -2.08. The number of aryl methyl sites for hydroxylation is 1. The predicted octanol–water partition coefficient (Wildman–Crippen LogP) is 2.74. The molecule has 0 aliphatic carbocycles. The maximum Gasteiger partial charge on any atom is 0.317 e. The lowest BCUT2D eigenvalue weighted by Crippen LogP contribution is -2.60. The van der Waals surface area contributed by atoms with Gasteiger partial charge in [-0.05, 0) is 52.3 Å². The topological polar surface area (TPSA) is 58.9 Å². The number of hydrogen-bond acceptors (Lipinski definition) is 3. The van der Waals surface area contributed by atoms with Gasteiger partial charge in [-0.2, -0.15) is 0 Å². The van der Waals surface area contributed by atoms with Gasteiger partial charge in [0, 0.05) is 12.4 Å². The first kappa shape index (κ1) is 16.8. The predicted molar refractivity (Wildman–Crippen MR) is 93.0 cm³/mol. The molecule has 1 aliphatic rings. The van der Waals surface area contributed by atoms with Crippen molar-refractivity contribution >= 4 is 11.7 Å². The van der Waals surface area contributed by atoms with Crippen LogP contribution in [0.5, 0.6) is 0 Å². The molecular weight excluding hydrogens is 304 g/mol. The number of urea groups is 1. The number of ether oxygens (including phenoxy) is 1. The molecule has 6 nitrogen and oxygen atoms in total. The average molecular weight is 330 g/mol. The van der Waals surface area contributed by atoms with Crippen molar-refractivity contribution in [1.82, 2.24) is 19.6 Å². The average Bonchev–Trinajstić information content (AvgIpc) is 2.83. The van der Waals surface area contributed by atoms with E-state index in [1.54, 1.807) is 0 Å². The first-order chi connectivity index (χ1) is 11.1. The molecule has 0 unspecified atom stereocenters. The third kappa shape index (κ3) is 3.70. The lowest BCUT2D eigenvalue weighted by molar-refractivity contribution is -0.170. The minimum Gasteiger partial charge on any atom is -0.366 e. The normalized spacial score (nSPS) is 19.5. The Morgan fingerprint density at radius 2 is 1.96 bits per heavy atom. The monoisotopic (exact) mass is 330 g/mol. The fraction of sp³-hybridized carbons (Fsp3) is 0.556. The van der Waals surface area contributed by atoms with Crippen molar-refractivity contribution in [2.75, 3.05) is 13.1 Å². The minimum absolute atomic E-state index is 0.0762. The number of imidazole rings is 1. The molecule has 130 valence electrons. The molecule has 24 heavy (non-hydrogen) atoms. The number of carbonyl (C=O) groups is 1. The van der Waals surface area contributed by atoms with E-state index in [0.29, 0.717) is 19.6 Å². The molecule has 0 saturated carbocycles. The summed E-state index contributed by atoms with van der Waals surface area (Å²) in [6.45, 7) is 11.7. The van der Waals surface area contributed by atoms with E-state index in [-0.39, 0.29) is 17.2 Å². The molecule has 1 fully saturated rings. The van der Waals surface area contributed by atoms with Crippen LogP contribution in [0.1, 0.15) is 39.0 Å². The summed E-state index contributed by atoms with van der Waals surface area (Å²) in [5.74, 6) is 0. The van der Waals surface area contributed by atoms with Crippen molar-refractivity contribution in [1.29, 1.82) is 0 Å². The lowest BCUT2D eigenvalue weighted by atomic mass is 9.99. The second-order valence-corrected chi connectivity index (χ2v) is 7.84. The van der Waals surface area contributed by atoms with Crippen LogP contribution in [0, 0.1) is 6.92 Å². The first-order valence-electron chi connectivity index (χ1n) is 8.31. The van der Waals surface area contributed by atoms with E-state index in [1.807, 2.05) is 68.4 Å². The Kier molecular flexibility index (Phi) is 4.03. The summed E-state index contributed by atoms with van der Waals surface area (Å²) in [6.07, 6.45) is 3.93. The van der Waals surface area contributed by atoms with Crippen LogP contribution in [0.2, 0.25) is 0 Å². The van der Waals surface area contributed by atoms with Gasteiger partial charge in [0.05, 0.1) is 36.5 Å². The highest BCUT2D eigenvalue weighted by atomic mass is 16.5. The molecule has 3 heterocycles. The molecule has 0 spiro atoms. The molecular formula is C18H26N4O2. The van der Waals surface area contributed by atoms with Gasteiger partial charge in [0.2, 0.25) is 0 Å². The number of nitrogens with one attached hydrogen (secondary N) is 1. The molecule has 1 saturated heterocycles. The summed E-state index contributed by atoms with van der Waals surface area (Å²) in [4.78, 5) is 18.9. The van der Waals surface area contributed by atoms with Crippen molar-refractivity contribution in [2.45, 2.75) is 52.4 Å². The Balaban J connectivity index is 1.66. The van der Waals surface area contributed by atoms with Crippen LogP contribution >= 0.6 is 0 Å². The zero-order valence-corrected chi connectivity index (χ0v) is 15.1. The summed E-state index contributed by atoms with van der Waals surface area (Å²) in [6, 6.07) is 3.99. The quantitative estimate of drug-likeness (QED) is 0.921. The zero-order chi connectivity index (χ0) is 17.5. The van der Waals surface area contributed by atoms with Gasteiger partial charge in [-0.3, -0.25) is 0 Å². The van der Waals surface area contributed by atoms with Crippen molar-refractivity contribution in [3.63, 3.8) is 0 Å². The van der Waals surface area contributed by atoms with Crippen molar-refractivity contribution in [2.24, 2.45) is 0 Å². The molecule has 2 aromatic rings. The van der Waals surface area contributed by atoms with E-state index in [4.69, 9.17) is 4.74 Å². The van der Waals surface area contributed by atoms with Gasteiger partial charge in [0.1, 0.15) is 5.65 Å². The van der Waals surface area contributed by atoms with Crippen LogP contribution in [-0.4, -0.2) is 44.6 Å². The molecule has 0 atom stereocenters. The van der Waals surface area contributed by atoms with Crippen LogP contribution in [0.15, 0.2) is 24.5 Å². The lowest BCUT2D eigenvalue weighted by Gasteiger charge is -2.46. The highest BCUT2D eigenvalue weighted by Crippen LogP contribution is 2.27. The summed E-state index contributed by atoms with van der Waals surface area (Å²) < 4.78 is 7.99. The summed E-state index contributed by atoms with van der Waals surface area (Å²) in [5.41, 5.74) is 2.22. The van der Waals surface area contributed by atoms with Gasteiger partial charge in [-0.15, -0.1) is 0 Å². The van der Waals surface area contributed by atoms with Gasteiger partial charge >= 0.3 is 6.03 Å². The highest BCUT2D eigenvalue weighted by molar-refractivity contribution is 5.74. The standard InChI is InChI=1S/C18H26N4O2/c1-13-6-7-21-10-14(20-15(21)8-13)9-19-16(23)22-11-17(2,3)24-18(4,5)12-22/h6-8,10H,9,11-12H2,1-5H3,(H,19,23). The summed E-state index contributed by atoms with van der Waals surface area (Å²) in [5, 5.41) is 2.98. The minimum atomic E-state index is -0.348. The molecule has 0 bridgehead atoms. The van der Waals surface area contributed by atoms with E-state index in [2.05, 4.69) is 10.3 Å². The van der Waals surface area contributed by atoms with Gasteiger partial charge in [-0.25, -0.2) is 9.78 Å². The van der Waals surface area contributed by atoms with Crippen molar-refractivity contribution in [3.8, 4) is 0 Å². The number of pyridine rings is 1. The highest BCUT2D eigenvalue weighted by Gasteiger charge is 2.39. The molecule has 2 amide bonds. The molecule has 2 aromatic heterocycles. The molecule has 6 heteroatoms. The molecule has 0 aromatic carbocycles. The van der Waals surface area contributed by atoms with Crippen LogP contribution < -0.4 is 5.32 Å². The largest absolute Gasteiger partial charge is 0.366 e. The maximum atomic E-state index is 12.5. The summed E-state index contributed by atoms with van der Waals surface area (Å²) in [7, 11) is 0. The Bertz CT molecular complexity index is 747. The number of nitrogens with zero attached hydrogens (tertiary/aromatic N) is 3. The molecule has 3 rings (SSSR count). The van der Waals surface area contributed by atoms with E-state index in [1.165, 1.54) is 5.56 Å². The number of morpholine rings is 1. The number of aromatic nitrogens is 2. The first-order valence-corrected chi connectivity index (χ1v) is 8.31. The van der Waals surface area contributed by atoms with Crippen molar-refractivity contribution < 1.29 is 9.53 Å². The maximum absolute atomic E-state index is 12.5. The van der Waals surface area contributed by atoms with Crippen LogP contribution in [0.3, 0.4) is 0 Å². The Morgan fingerprint density at radius 3 is 2.62 bits per heavy atom. The van der Waals surface area contributed by atoms with Crippen LogP contribution in [0.25, 0.3) is 5.65 Å².